The Labute approximate surface area is 199 Å². The fourth-order valence-electron chi connectivity index (χ4n) is 3.27. The van der Waals surface area contributed by atoms with Crippen molar-refractivity contribution in [3.8, 4) is 22.2 Å². The number of carbonyl (C=O) groups excluding carboxylic acids is 1. The molecule has 0 saturated heterocycles. The number of allylic oxidation sites excluding steroid dienone is 1. The average molecular weight is 485 g/mol. The summed E-state index contributed by atoms with van der Waals surface area (Å²) in [7, 11) is 0. The van der Waals surface area contributed by atoms with Gasteiger partial charge in [-0.05, 0) is 30.9 Å². The minimum Gasteiger partial charge on any atom is -0.469 e. The molecule has 0 fully saturated rings. The van der Waals surface area contributed by atoms with Gasteiger partial charge < -0.3 is 13.7 Å². The lowest BCUT2D eigenvalue weighted by Crippen LogP contribution is -2.33. The highest BCUT2D eigenvalue weighted by molar-refractivity contribution is 7.99. The van der Waals surface area contributed by atoms with Crippen LogP contribution in [0.1, 0.15) is 25.0 Å². The third kappa shape index (κ3) is 5.25. The van der Waals surface area contributed by atoms with Crippen LogP contribution >= 0.6 is 23.1 Å². The van der Waals surface area contributed by atoms with E-state index in [-0.39, 0.29) is 18.2 Å². The molecule has 0 aliphatic carbocycles. The minimum atomic E-state index is -0.0353. The lowest BCUT2D eigenvalue weighted by Gasteiger charge is -2.20. The summed E-state index contributed by atoms with van der Waals surface area (Å²) in [5.74, 6) is 2.51. The van der Waals surface area contributed by atoms with Gasteiger partial charge in [0.15, 0.2) is 11.0 Å². The molecule has 4 aromatic rings. The van der Waals surface area contributed by atoms with Crippen LogP contribution in [0, 0.1) is 6.92 Å². The van der Waals surface area contributed by atoms with E-state index in [2.05, 4.69) is 27.0 Å². The van der Waals surface area contributed by atoms with E-state index in [9.17, 15) is 4.79 Å². The SMILES string of the molecule is C=CCn1c(SCC(=O)N(CCC)Cc2nnc(-c3cccs3)o2)nnc1-c1ccoc1C. The van der Waals surface area contributed by atoms with Crippen molar-refractivity contribution >= 4 is 29.0 Å². The van der Waals surface area contributed by atoms with Gasteiger partial charge in [-0.3, -0.25) is 9.36 Å². The van der Waals surface area contributed by atoms with Crippen molar-refractivity contribution in [2.24, 2.45) is 0 Å². The molecule has 1 amide bonds. The predicted octanol–water partition coefficient (Wildman–Crippen LogP) is 4.67. The molecule has 0 N–H and O–H groups in total. The number of carbonyl (C=O) groups is 1. The van der Waals surface area contributed by atoms with Crippen LogP contribution in [0.4, 0.5) is 0 Å². The molecule has 0 aliphatic heterocycles. The molecule has 0 bridgehead atoms. The van der Waals surface area contributed by atoms with Crippen molar-refractivity contribution in [2.75, 3.05) is 12.3 Å². The average Bonchev–Trinajstić information content (AvgIpc) is 3.60. The number of rotatable bonds is 11. The van der Waals surface area contributed by atoms with Crippen LogP contribution in [0.5, 0.6) is 0 Å². The van der Waals surface area contributed by atoms with Gasteiger partial charge >= 0.3 is 0 Å². The van der Waals surface area contributed by atoms with Crippen LogP contribution in [0.25, 0.3) is 22.2 Å². The largest absolute Gasteiger partial charge is 0.469 e. The quantitative estimate of drug-likeness (QED) is 0.223. The third-order valence-electron chi connectivity index (χ3n) is 4.82. The summed E-state index contributed by atoms with van der Waals surface area (Å²) in [6.45, 7) is 9.12. The van der Waals surface area contributed by atoms with E-state index in [1.165, 1.54) is 23.1 Å². The molecule has 11 heteroatoms. The number of thiophene rings is 1. The number of thioether (sulfide) groups is 1. The normalized spacial score (nSPS) is 11.1. The van der Waals surface area contributed by atoms with Crippen molar-refractivity contribution in [1.82, 2.24) is 29.9 Å². The van der Waals surface area contributed by atoms with E-state index in [1.54, 1.807) is 17.2 Å². The highest BCUT2D eigenvalue weighted by Crippen LogP contribution is 2.28. The predicted molar refractivity (Wildman–Crippen MR) is 127 cm³/mol. The molecule has 0 unspecified atom stereocenters. The summed E-state index contributed by atoms with van der Waals surface area (Å²) in [5, 5.41) is 19.4. The number of hydrogen-bond acceptors (Lipinski definition) is 9. The fraction of sp³-hybridized carbons (Fsp3) is 0.318. The molecule has 4 rings (SSSR count). The second-order valence-electron chi connectivity index (χ2n) is 7.18. The van der Waals surface area contributed by atoms with Crippen molar-refractivity contribution in [2.45, 2.75) is 38.5 Å². The van der Waals surface area contributed by atoms with Crippen LogP contribution < -0.4 is 0 Å². The highest BCUT2D eigenvalue weighted by Gasteiger charge is 2.21. The van der Waals surface area contributed by atoms with Crippen LogP contribution in [0.3, 0.4) is 0 Å². The summed E-state index contributed by atoms with van der Waals surface area (Å²) in [6, 6.07) is 5.71. The second-order valence-corrected chi connectivity index (χ2v) is 9.07. The van der Waals surface area contributed by atoms with E-state index < -0.39 is 0 Å². The summed E-state index contributed by atoms with van der Waals surface area (Å²) in [5.41, 5.74) is 0.869. The number of furan rings is 1. The molecule has 0 radical (unpaired) electrons. The topological polar surface area (TPSA) is 103 Å². The number of amides is 1. The van der Waals surface area contributed by atoms with Gasteiger partial charge in [-0.25, -0.2) is 0 Å². The molecule has 4 heterocycles. The first-order valence-electron chi connectivity index (χ1n) is 10.5. The Balaban J connectivity index is 1.44. The smallest absolute Gasteiger partial charge is 0.257 e. The summed E-state index contributed by atoms with van der Waals surface area (Å²) >= 11 is 2.87. The van der Waals surface area contributed by atoms with E-state index in [4.69, 9.17) is 8.83 Å². The number of aromatic nitrogens is 5. The first kappa shape index (κ1) is 23.0. The van der Waals surface area contributed by atoms with Crippen molar-refractivity contribution in [3.05, 3.63) is 54.1 Å². The Morgan fingerprint density at radius 1 is 1.30 bits per heavy atom. The Hall–Kier alpha value is -3.18. The molecule has 0 aliphatic rings. The lowest BCUT2D eigenvalue weighted by molar-refractivity contribution is -0.129. The van der Waals surface area contributed by atoms with Crippen LogP contribution in [-0.2, 0) is 17.9 Å². The van der Waals surface area contributed by atoms with Gasteiger partial charge in [0.1, 0.15) is 5.76 Å². The lowest BCUT2D eigenvalue weighted by atomic mass is 10.2. The number of hydrogen-bond donors (Lipinski definition) is 0. The van der Waals surface area contributed by atoms with Crippen molar-refractivity contribution in [3.63, 3.8) is 0 Å². The van der Waals surface area contributed by atoms with E-state index in [0.717, 1.165) is 22.6 Å². The highest BCUT2D eigenvalue weighted by atomic mass is 32.2. The molecule has 172 valence electrons. The number of aryl methyl sites for hydroxylation is 1. The molecule has 0 saturated carbocycles. The molecule has 0 aromatic carbocycles. The van der Waals surface area contributed by atoms with Gasteiger partial charge in [0.25, 0.3) is 5.89 Å². The first-order valence-corrected chi connectivity index (χ1v) is 12.3. The van der Waals surface area contributed by atoms with E-state index in [1.807, 2.05) is 42.0 Å². The molecular weight excluding hydrogens is 460 g/mol. The van der Waals surface area contributed by atoms with Gasteiger partial charge in [0.2, 0.25) is 11.8 Å². The zero-order chi connectivity index (χ0) is 23.2. The monoisotopic (exact) mass is 484 g/mol. The Morgan fingerprint density at radius 3 is 2.88 bits per heavy atom. The van der Waals surface area contributed by atoms with Crippen molar-refractivity contribution in [1.29, 1.82) is 0 Å². The zero-order valence-electron chi connectivity index (χ0n) is 18.4. The Kier molecular flexibility index (Phi) is 7.40. The third-order valence-corrected chi connectivity index (χ3v) is 6.63. The molecule has 9 nitrogen and oxygen atoms in total. The summed E-state index contributed by atoms with van der Waals surface area (Å²) in [4.78, 5) is 15.7. The maximum atomic E-state index is 13.0. The Bertz CT molecular complexity index is 1210. The van der Waals surface area contributed by atoms with Crippen LogP contribution in [-0.4, -0.2) is 48.1 Å². The van der Waals surface area contributed by atoms with Gasteiger partial charge in [-0.15, -0.1) is 38.3 Å². The fourth-order valence-corrected chi connectivity index (χ4v) is 4.76. The summed E-state index contributed by atoms with van der Waals surface area (Å²) < 4.78 is 13.1. The summed E-state index contributed by atoms with van der Waals surface area (Å²) in [6.07, 6.45) is 4.22. The van der Waals surface area contributed by atoms with Gasteiger partial charge in [-0.2, -0.15) is 0 Å². The van der Waals surface area contributed by atoms with Gasteiger partial charge in [0.05, 0.1) is 29.0 Å². The minimum absolute atomic E-state index is 0.0353. The molecule has 33 heavy (non-hydrogen) atoms. The van der Waals surface area contributed by atoms with E-state index >= 15 is 0 Å². The zero-order valence-corrected chi connectivity index (χ0v) is 20.1. The molecular formula is C22H24N6O3S2. The standard InChI is InChI=1S/C22H24N6O3S2/c1-4-9-27(13-18-23-25-21(31-18)17-7-6-12-32-17)19(29)14-33-22-26-24-20(28(22)10-5-2)16-8-11-30-15(16)3/h5-8,11-12H,2,4,9-10,13-14H2,1,3H3. The maximum absolute atomic E-state index is 13.0. The van der Waals surface area contributed by atoms with Crippen LogP contribution in [0.2, 0.25) is 0 Å². The van der Waals surface area contributed by atoms with E-state index in [0.29, 0.717) is 35.9 Å². The molecule has 4 aromatic heterocycles. The number of nitrogens with zero attached hydrogens (tertiary/aromatic N) is 6. The van der Waals surface area contributed by atoms with Crippen LogP contribution in [0.15, 0.2) is 56.5 Å². The second kappa shape index (κ2) is 10.6. The maximum Gasteiger partial charge on any atom is 0.257 e. The Morgan fingerprint density at radius 2 is 2.18 bits per heavy atom. The molecule has 0 atom stereocenters. The first-order chi connectivity index (χ1) is 16.1. The van der Waals surface area contributed by atoms with Gasteiger partial charge in [-0.1, -0.05) is 30.8 Å². The van der Waals surface area contributed by atoms with Crippen molar-refractivity contribution < 1.29 is 13.6 Å². The molecule has 0 spiro atoms. The van der Waals surface area contributed by atoms with Gasteiger partial charge in [0, 0.05) is 13.1 Å².